The number of ether oxygens (including phenoxy) is 1. The summed E-state index contributed by atoms with van der Waals surface area (Å²) in [5.41, 5.74) is -0.144. The van der Waals surface area contributed by atoms with Crippen LogP contribution in [0.2, 0.25) is 0 Å². The average Bonchev–Trinajstić information content (AvgIpc) is 2.75. The summed E-state index contributed by atoms with van der Waals surface area (Å²) >= 11 is 0. The Morgan fingerprint density at radius 2 is 1.55 bits per heavy atom. The van der Waals surface area contributed by atoms with Gasteiger partial charge in [0.2, 0.25) is 10.0 Å². The molecule has 0 aromatic heterocycles. The van der Waals surface area contributed by atoms with Crippen molar-refractivity contribution >= 4 is 38.9 Å². The number of anilines is 3. The standard InChI is InChI=1S/C22H19F2N3O5S/c1-33(30,31)27-19-12-14(10-11-17(19)24)25-22(29)15-6-2-5-9-20(15)32-13-21(28)26-18-8-4-3-7-16(18)23/h2-12,27H,13H2,1H3,(H,25,29)(H,26,28). The number of para-hydroxylation sites is 2. The molecule has 0 aliphatic rings. The minimum absolute atomic E-state index is 0.00746. The van der Waals surface area contributed by atoms with Gasteiger partial charge in [-0.15, -0.1) is 0 Å². The molecule has 3 N–H and O–H groups in total. The summed E-state index contributed by atoms with van der Waals surface area (Å²) in [5, 5.41) is 4.88. The number of hydrogen-bond donors (Lipinski definition) is 3. The zero-order valence-electron chi connectivity index (χ0n) is 17.3. The number of carbonyl (C=O) groups is 2. The lowest BCUT2D eigenvalue weighted by atomic mass is 10.1. The lowest BCUT2D eigenvalue weighted by molar-refractivity contribution is -0.118. The molecule has 0 saturated heterocycles. The van der Waals surface area contributed by atoms with Gasteiger partial charge >= 0.3 is 0 Å². The Hall–Kier alpha value is -3.99. The van der Waals surface area contributed by atoms with E-state index in [1.165, 1.54) is 36.4 Å². The van der Waals surface area contributed by atoms with Gasteiger partial charge in [-0.25, -0.2) is 17.2 Å². The van der Waals surface area contributed by atoms with Crippen LogP contribution >= 0.6 is 0 Å². The van der Waals surface area contributed by atoms with Crippen LogP contribution < -0.4 is 20.1 Å². The van der Waals surface area contributed by atoms with Crippen molar-refractivity contribution in [3.8, 4) is 5.75 Å². The van der Waals surface area contributed by atoms with Gasteiger partial charge in [-0.05, 0) is 42.5 Å². The predicted octanol–water partition coefficient (Wildman–Crippen LogP) is 3.61. The molecule has 0 aliphatic carbocycles. The van der Waals surface area contributed by atoms with E-state index in [2.05, 4.69) is 10.6 Å². The summed E-state index contributed by atoms with van der Waals surface area (Å²) in [4.78, 5) is 24.8. The van der Waals surface area contributed by atoms with Crippen LogP contribution in [0, 0.1) is 11.6 Å². The smallest absolute Gasteiger partial charge is 0.262 e. The van der Waals surface area contributed by atoms with Crippen LogP contribution in [-0.4, -0.2) is 33.1 Å². The largest absolute Gasteiger partial charge is 0.483 e. The summed E-state index contributed by atoms with van der Waals surface area (Å²) in [6, 6.07) is 15.1. The summed E-state index contributed by atoms with van der Waals surface area (Å²) in [7, 11) is -3.73. The lowest BCUT2D eigenvalue weighted by Gasteiger charge is -2.13. The highest BCUT2D eigenvalue weighted by Gasteiger charge is 2.16. The molecule has 0 aliphatic heterocycles. The highest BCUT2D eigenvalue weighted by Crippen LogP contribution is 2.23. The highest BCUT2D eigenvalue weighted by atomic mass is 32.2. The number of sulfonamides is 1. The summed E-state index contributed by atoms with van der Waals surface area (Å²) in [5.74, 6) is -2.62. The predicted molar refractivity (Wildman–Crippen MR) is 120 cm³/mol. The van der Waals surface area contributed by atoms with E-state index in [0.717, 1.165) is 18.4 Å². The summed E-state index contributed by atoms with van der Waals surface area (Å²) in [6.07, 6.45) is 0.869. The Kier molecular flexibility index (Phi) is 7.23. The van der Waals surface area contributed by atoms with E-state index in [1.54, 1.807) is 18.2 Å². The van der Waals surface area contributed by atoms with Crippen molar-refractivity contribution in [3.05, 3.63) is 83.9 Å². The highest BCUT2D eigenvalue weighted by molar-refractivity contribution is 7.92. The SMILES string of the molecule is CS(=O)(=O)Nc1cc(NC(=O)c2ccccc2OCC(=O)Nc2ccccc2F)ccc1F. The molecule has 2 amide bonds. The number of amides is 2. The second kappa shape index (κ2) is 10.1. The van der Waals surface area contributed by atoms with Crippen LogP contribution in [0.4, 0.5) is 25.8 Å². The number of halogens is 2. The quantitative estimate of drug-likeness (QED) is 0.461. The van der Waals surface area contributed by atoms with Gasteiger partial charge in [0.05, 0.1) is 23.2 Å². The van der Waals surface area contributed by atoms with E-state index in [9.17, 15) is 26.8 Å². The Morgan fingerprint density at radius 3 is 2.27 bits per heavy atom. The second-order valence-electron chi connectivity index (χ2n) is 6.84. The Balaban J connectivity index is 1.70. The summed E-state index contributed by atoms with van der Waals surface area (Å²) in [6.45, 7) is -0.488. The van der Waals surface area contributed by atoms with Gasteiger partial charge in [-0.2, -0.15) is 0 Å². The number of carbonyl (C=O) groups excluding carboxylic acids is 2. The molecule has 0 radical (unpaired) electrons. The topological polar surface area (TPSA) is 114 Å². The third-order valence-corrected chi connectivity index (χ3v) is 4.75. The second-order valence-corrected chi connectivity index (χ2v) is 8.58. The minimum atomic E-state index is -3.73. The maximum atomic E-state index is 13.9. The molecule has 0 bridgehead atoms. The molecular formula is C22H19F2N3O5S. The van der Waals surface area contributed by atoms with E-state index >= 15 is 0 Å². The molecule has 0 saturated carbocycles. The van der Waals surface area contributed by atoms with Crippen molar-refractivity contribution in [1.82, 2.24) is 0 Å². The Morgan fingerprint density at radius 1 is 0.879 bits per heavy atom. The van der Waals surface area contributed by atoms with Crippen molar-refractivity contribution in [2.75, 3.05) is 28.2 Å². The van der Waals surface area contributed by atoms with Crippen LogP contribution in [0.15, 0.2) is 66.7 Å². The molecule has 0 heterocycles. The van der Waals surface area contributed by atoms with Crippen LogP contribution in [-0.2, 0) is 14.8 Å². The van der Waals surface area contributed by atoms with E-state index in [4.69, 9.17) is 4.74 Å². The lowest BCUT2D eigenvalue weighted by Crippen LogP contribution is -2.22. The summed E-state index contributed by atoms with van der Waals surface area (Å²) < 4.78 is 57.7. The minimum Gasteiger partial charge on any atom is -0.483 e. The number of nitrogens with one attached hydrogen (secondary N) is 3. The monoisotopic (exact) mass is 475 g/mol. The third kappa shape index (κ3) is 6.74. The fourth-order valence-electron chi connectivity index (χ4n) is 2.75. The number of hydrogen-bond acceptors (Lipinski definition) is 5. The van der Waals surface area contributed by atoms with Crippen LogP contribution in [0.5, 0.6) is 5.75 Å². The molecule has 0 fully saturated rings. The zero-order valence-corrected chi connectivity index (χ0v) is 18.1. The van der Waals surface area contributed by atoms with Crippen LogP contribution in [0.25, 0.3) is 0 Å². The Bertz CT molecular complexity index is 1300. The van der Waals surface area contributed by atoms with Crippen molar-refractivity contribution in [1.29, 1.82) is 0 Å². The van der Waals surface area contributed by atoms with Crippen molar-refractivity contribution < 1.29 is 31.5 Å². The first-order valence-electron chi connectivity index (χ1n) is 9.47. The van der Waals surface area contributed by atoms with E-state index < -0.39 is 40.1 Å². The average molecular weight is 475 g/mol. The normalized spacial score (nSPS) is 10.9. The maximum Gasteiger partial charge on any atom is 0.262 e. The fourth-order valence-corrected chi connectivity index (χ4v) is 3.31. The first-order valence-corrected chi connectivity index (χ1v) is 11.4. The van der Waals surface area contributed by atoms with Crippen molar-refractivity contribution in [3.63, 3.8) is 0 Å². The van der Waals surface area contributed by atoms with Crippen molar-refractivity contribution in [2.45, 2.75) is 0 Å². The molecule has 33 heavy (non-hydrogen) atoms. The first-order chi connectivity index (χ1) is 15.6. The molecule has 0 atom stereocenters. The Labute approximate surface area is 188 Å². The molecule has 3 rings (SSSR count). The van der Waals surface area contributed by atoms with Gasteiger partial charge in [0.1, 0.15) is 17.4 Å². The van der Waals surface area contributed by atoms with Crippen LogP contribution in [0.3, 0.4) is 0 Å². The number of benzene rings is 3. The van der Waals surface area contributed by atoms with Crippen LogP contribution in [0.1, 0.15) is 10.4 Å². The molecule has 3 aromatic rings. The van der Waals surface area contributed by atoms with Gasteiger partial charge in [-0.1, -0.05) is 24.3 Å². The van der Waals surface area contributed by atoms with E-state index in [0.29, 0.717) is 0 Å². The first kappa shape index (κ1) is 23.7. The molecule has 0 spiro atoms. The van der Waals surface area contributed by atoms with Gasteiger partial charge in [0.25, 0.3) is 11.8 Å². The maximum absolute atomic E-state index is 13.9. The van der Waals surface area contributed by atoms with Gasteiger partial charge < -0.3 is 15.4 Å². The van der Waals surface area contributed by atoms with Crippen molar-refractivity contribution in [2.24, 2.45) is 0 Å². The molecule has 3 aromatic carbocycles. The molecule has 172 valence electrons. The third-order valence-electron chi connectivity index (χ3n) is 4.16. The molecular weight excluding hydrogens is 456 g/mol. The molecule has 0 unspecified atom stereocenters. The van der Waals surface area contributed by atoms with Gasteiger partial charge in [0, 0.05) is 5.69 Å². The fraction of sp³-hybridized carbons (Fsp3) is 0.0909. The van der Waals surface area contributed by atoms with Gasteiger partial charge in [-0.3, -0.25) is 14.3 Å². The van der Waals surface area contributed by atoms with Gasteiger partial charge in [0.15, 0.2) is 6.61 Å². The van der Waals surface area contributed by atoms with E-state index in [-0.39, 0.29) is 28.4 Å². The number of rotatable bonds is 8. The zero-order chi connectivity index (χ0) is 24.0. The molecule has 8 nitrogen and oxygen atoms in total. The molecule has 11 heteroatoms. The van der Waals surface area contributed by atoms with E-state index in [1.807, 2.05) is 4.72 Å².